The predicted molar refractivity (Wildman–Crippen MR) is 106 cm³/mol. The van der Waals surface area contributed by atoms with E-state index in [4.69, 9.17) is 11.6 Å². The van der Waals surface area contributed by atoms with Gasteiger partial charge in [0.15, 0.2) is 0 Å². The molecule has 2 heterocycles. The number of benzene rings is 1. The number of hydrogen-bond donors (Lipinski definition) is 1. The zero-order valence-electron chi connectivity index (χ0n) is 14.2. The zero-order valence-corrected chi connectivity index (χ0v) is 15.8. The average Bonchev–Trinajstić information content (AvgIpc) is 3.26. The topological polar surface area (TPSA) is 39.0 Å². The molecule has 25 heavy (non-hydrogen) atoms. The highest BCUT2D eigenvalue weighted by Gasteiger charge is 2.18. The van der Waals surface area contributed by atoms with E-state index in [1.807, 2.05) is 59.6 Å². The second-order valence-electron chi connectivity index (χ2n) is 5.90. The fourth-order valence-corrected chi connectivity index (χ4v) is 3.69. The van der Waals surface area contributed by atoms with Gasteiger partial charge < -0.3 is 14.5 Å². The largest absolute Gasteiger partial charge is 0.353 e. The van der Waals surface area contributed by atoms with Crippen LogP contribution in [0.1, 0.15) is 12.5 Å². The Bertz CT molecular complexity index is 828. The normalized spacial score (nSPS) is 12.4. The van der Waals surface area contributed by atoms with E-state index < -0.39 is 0 Å². The molecule has 6 heteroatoms. The molecular weight excluding hydrogens is 354 g/mol. The third-order valence-corrected chi connectivity index (χ3v) is 5.27. The molecule has 1 N–H and O–H groups in total. The van der Waals surface area contributed by atoms with Crippen molar-refractivity contribution < 1.29 is 4.79 Å². The fraction of sp³-hybridized carbons (Fsp3) is 0.316. The molecule has 2 aromatic heterocycles. The molecule has 4 nitrogen and oxygen atoms in total. The van der Waals surface area contributed by atoms with E-state index in [-0.39, 0.29) is 11.9 Å². The number of aromatic nitrogens is 2. The number of carbonyl (C=O) groups excluding carboxylic acids is 1. The van der Waals surface area contributed by atoms with E-state index in [9.17, 15) is 4.79 Å². The van der Waals surface area contributed by atoms with Crippen LogP contribution >= 0.6 is 23.4 Å². The number of fused-ring (bicyclic) bond motifs is 1. The second-order valence-corrected chi connectivity index (χ2v) is 7.29. The van der Waals surface area contributed by atoms with Crippen LogP contribution in [0.2, 0.25) is 5.02 Å². The van der Waals surface area contributed by atoms with Crippen molar-refractivity contribution in [1.82, 2.24) is 14.5 Å². The first-order valence-corrected chi connectivity index (χ1v) is 10.1. The summed E-state index contributed by atoms with van der Waals surface area (Å²) in [6, 6.07) is 11.7. The Morgan fingerprint density at radius 1 is 1.20 bits per heavy atom. The van der Waals surface area contributed by atoms with Crippen molar-refractivity contribution in [3.63, 3.8) is 0 Å². The van der Waals surface area contributed by atoms with Crippen molar-refractivity contribution in [3.05, 3.63) is 60.0 Å². The minimum absolute atomic E-state index is 0.0692. The van der Waals surface area contributed by atoms with Gasteiger partial charge in [-0.1, -0.05) is 17.7 Å². The molecule has 0 saturated carbocycles. The maximum atomic E-state index is 12.6. The van der Waals surface area contributed by atoms with Crippen LogP contribution in [0.5, 0.6) is 0 Å². The molecule has 1 aromatic carbocycles. The monoisotopic (exact) mass is 375 g/mol. The lowest BCUT2D eigenvalue weighted by molar-refractivity contribution is -0.124. The number of halogens is 1. The molecule has 0 bridgehead atoms. The molecule has 0 radical (unpaired) electrons. The van der Waals surface area contributed by atoms with E-state index in [1.54, 1.807) is 11.8 Å². The summed E-state index contributed by atoms with van der Waals surface area (Å²) >= 11 is 7.97. The number of amides is 1. The number of nitrogens with one attached hydrogen (secondary N) is 1. The highest BCUT2D eigenvalue weighted by molar-refractivity contribution is 7.98. The first-order valence-electron chi connectivity index (χ1n) is 8.33. The van der Waals surface area contributed by atoms with Crippen LogP contribution in [-0.2, 0) is 11.3 Å². The van der Waals surface area contributed by atoms with Gasteiger partial charge in [-0.3, -0.25) is 4.79 Å². The number of carbonyl (C=O) groups is 1. The predicted octanol–water partition coefficient (Wildman–Crippen LogP) is 4.21. The molecule has 3 rings (SSSR count). The molecule has 0 fully saturated rings. The summed E-state index contributed by atoms with van der Waals surface area (Å²) in [5.41, 5.74) is 1.09. The van der Waals surface area contributed by atoms with Gasteiger partial charge >= 0.3 is 0 Å². The van der Waals surface area contributed by atoms with Crippen LogP contribution in [0.25, 0.3) is 10.9 Å². The summed E-state index contributed by atoms with van der Waals surface area (Å²) in [7, 11) is 0. The Labute approximate surface area is 157 Å². The van der Waals surface area contributed by atoms with Gasteiger partial charge in [0.1, 0.15) is 6.04 Å². The summed E-state index contributed by atoms with van der Waals surface area (Å²) in [5, 5.41) is 4.87. The maximum Gasteiger partial charge on any atom is 0.243 e. The van der Waals surface area contributed by atoms with Gasteiger partial charge in [0.25, 0.3) is 0 Å². The quantitative estimate of drug-likeness (QED) is 0.640. The van der Waals surface area contributed by atoms with Gasteiger partial charge in [-0.2, -0.15) is 11.8 Å². The van der Waals surface area contributed by atoms with Crippen molar-refractivity contribution >= 4 is 40.2 Å². The highest BCUT2D eigenvalue weighted by atomic mass is 35.5. The number of hydrogen-bond acceptors (Lipinski definition) is 2. The van der Waals surface area contributed by atoms with Crippen molar-refractivity contribution in [2.24, 2.45) is 0 Å². The summed E-state index contributed by atoms with van der Waals surface area (Å²) in [5.74, 6) is 1.02. The average molecular weight is 376 g/mol. The molecule has 0 saturated heterocycles. The third kappa shape index (κ3) is 4.22. The molecule has 132 valence electrons. The van der Waals surface area contributed by atoms with E-state index >= 15 is 0 Å². The first kappa shape index (κ1) is 18.0. The number of rotatable bonds is 8. The Hall–Kier alpha value is -1.85. The Balaban J connectivity index is 1.61. The van der Waals surface area contributed by atoms with Crippen LogP contribution in [0, 0.1) is 0 Å². The second kappa shape index (κ2) is 8.50. The molecule has 0 unspecified atom stereocenters. The molecule has 0 aliphatic heterocycles. The summed E-state index contributed by atoms with van der Waals surface area (Å²) < 4.78 is 4.10. The SMILES string of the molecule is CSCC[C@H](C(=O)NCCn1ccc2c(Cl)cccc21)n1cccc1. The van der Waals surface area contributed by atoms with Crippen LogP contribution in [0.3, 0.4) is 0 Å². The highest BCUT2D eigenvalue weighted by Crippen LogP contribution is 2.24. The summed E-state index contributed by atoms with van der Waals surface area (Å²) in [6.07, 6.45) is 8.80. The smallest absolute Gasteiger partial charge is 0.243 e. The van der Waals surface area contributed by atoms with E-state index in [2.05, 4.69) is 16.1 Å². The van der Waals surface area contributed by atoms with E-state index in [1.165, 1.54) is 0 Å². The molecule has 0 spiro atoms. The lowest BCUT2D eigenvalue weighted by Gasteiger charge is -2.18. The van der Waals surface area contributed by atoms with Crippen molar-refractivity contribution in [2.45, 2.75) is 19.0 Å². The Kier molecular flexibility index (Phi) is 6.10. The van der Waals surface area contributed by atoms with Gasteiger partial charge in [0.05, 0.1) is 0 Å². The number of thioether (sulfide) groups is 1. The lowest BCUT2D eigenvalue weighted by Crippen LogP contribution is -2.34. The molecule has 1 amide bonds. The van der Waals surface area contributed by atoms with Crippen molar-refractivity contribution in [3.8, 4) is 0 Å². The third-order valence-electron chi connectivity index (χ3n) is 4.30. The fourth-order valence-electron chi connectivity index (χ4n) is 3.00. The van der Waals surface area contributed by atoms with Gasteiger partial charge in [-0.05, 0) is 48.8 Å². The Morgan fingerprint density at radius 3 is 2.76 bits per heavy atom. The molecule has 1 atom stereocenters. The summed E-state index contributed by atoms with van der Waals surface area (Å²) in [6.45, 7) is 1.31. The Morgan fingerprint density at radius 2 is 2.00 bits per heavy atom. The summed E-state index contributed by atoms with van der Waals surface area (Å²) in [4.78, 5) is 12.6. The minimum atomic E-state index is -0.154. The maximum absolute atomic E-state index is 12.6. The van der Waals surface area contributed by atoms with E-state index in [0.717, 1.165) is 34.6 Å². The molecule has 0 aliphatic rings. The number of nitrogens with zero attached hydrogens (tertiary/aromatic N) is 2. The standard InChI is InChI=1S/C19H22ClN3OS/c1-25-14-8-18(22-10-2-3-11-22)19(24)21-9-13-23-12-7-15-16(20)5-4-6-17(15)23/h2-7,10-12,18H,8-9,13-14H2,1H3,(H,21,24)/t18-/m1/s1. The van der Waals surface area contributed by atoms with Crippen molar-refractivity contribution in [1.29, 1.82) is 0 Å². The lowest BCUT2D eigenvalue weighted by atomic mass is 10.2. The molecule has 0 aliphatic carbocycles. The molecular formula is C19H22ClN3OS. The van der Waals surface area contributed by atoms with E-state index in [0.29, 0.717) is 6.54 Å². The van der Waals surface area contributed by atoms with Crippen LogP contribution < -0.4 is 5.32 Å². The van der Waals surface area contributed by atoms with Crippen LogP contribution in [-0.4, -0.2) is 33.6 Å². The van der Waals surface area contributed by atoms with Crippen LogP contribution in [0.15, 0.2) is 55.0 Å². The van der Waals surface area contributed by atoms with Crippen LogP contribution in [0.4, 0.5) is 0 Å². The minimum Gasteiger partial charge on any atom is -0.353 e. The zero-order chi connectivity index (χ0) is 17.6. The molecule has 3 aromatic rings. The van der Waals surface area contributed by atoms with Gasteiger partial charge in [0, 0.05) is 47.6 Å². The van der Waals surface area contributed by atoms with Crippen molar-refractivity contribution in [2.75, 3.05) is 18.6 Å². The first-order chi connectivity index (χ1) is 12.2. The van der Waals surface area contributed by atoms with Gasteiger partial charge in [-0.15, -0.1) is 0 Å². The van der Waals surface area contributed by atoms with Gasteiger partial charge in [-0.25, -0.2) is 0 Å². The van der Waals surface area contributed by atoms with Gasteiger partial charge in [0.2, 0.25) is 5.91 Å².